The van der Waals surface area contributed by atoms with Gasteiger partial charge in [0.2, 0.25) is 0 Å². The van der Waals surface area contributed by atoms with E-state index in [1.807, 2.05) is 25.8 Å². The summed E-state index contributed by atoms with van der Waals surface area (Å²) in [6.45, 7) is 5.80. The number of carboxylic acid groups (broad SMARTS) is 1. The number of nitrogens with zero attached hydrogens (tertiary/aromatic N) is 2. The molecule has 0 saturated carbocycles. The molecule has 1 N–H and O–H groups in total. The summed E-state index contributed by atoms with van der Waals surface area (Å²) in [5.74, 6) is -0.900. The molecule has 0 unspecified atom stereocenters. The second kappa shape index (κ2) is 3.96. The summed E-state index contributed by atoms with van der Waals surface area (Å²) in [5.41, 5.74) is 0.588. The molecule has 5 heteroatoms. The molecule has 0 aliphatic heterocycles. The minimum atomic E-state index is -0.900. The summed E-state index contributed by atoms with van der Waals surface area (Å²) in [5, 5.41) is 9.61. The van der Waals surface area contributed by atoms with E-state index in [0.717, 1.165) is 5.13 Å². The van der Waals surface area contributed by atoms with E-state index in [0.29, 0.717) is 16.6 Å². The summed E-state index contributed by atoms with van der Waals surface area (Å²) < 4.78 is 0. The van der Waals surface area contributed by atoms with Crippen molar-refractivity contribution in [3.05, 3.63) is 10.6 Å². The van der Waals surface area contributed by atoms with Gasteiger partial charge in [-0.15, -0.1) is 0 Å². The Morgan fingerprint density at radius 2 is 2.14 bits per heavy atom. The quantitative estimate of drug-likeness (QED) is 0.836. The van der Waals surface area contributed by atoms with Crippen LogP contribution in [0.1, 0.15) is 29.2 Å². The van der Waals surface area contributed by atoms with Crippen molar-refractivity contribution in [2.24, 2.45) is 0 Å². The second-order valence-electron chi connectivity index (χ2n) is 3.42. The minimum Gasteiger partial charge on any atom is -0.477 e. The molecular weight excluding hydrogens is 200 g/mol. The summed E-state index contributed by atoms with van der Waals surface area (Å²) in [6.07, 6.45) is 0. The predicted molar refractivity (Wildman–Crippen MR) is 57.3 cm³/mol. The van der Waals surface area contributed by atoms with Gasteiger partial charge in [-0.05, 0) is 20.8 Å². The molecule has 4 nitrogen and oxygen atoms in total. The second-order valence-corrected chi connectivity index (χ2v) is 4.40. The van der Waals surface area contributed by atoms with E-state index in [2.05, 4.69) is 4.98 Å². The molecule has 0 amide bonds. The van der Waals surface area contributed by atoms with Crippen LogP contribution < -0.4 is 4.90 Å². The number of aromatic carboxylic acids is 1. The fourth-order valence-electron chi connectivity index (χ4n) is 0.952. The van der Waals surface area contributed by atoms with Crippen LogP contribution in [0.2, 0.25) is 0 Å². The van der Waals surface area contributed by atoms with Crippen LogP contribution in [0.15, 0.2) is 0 Å². The molecule has 0 fully saturated rings. The van der Waals surface area contributed by atoms with Gasteiger partial charge in [-0.1, -0.05) is 11.3 Å². The third-order valence-corrected chi connectivity index (χ3v) is 3.29. The Labute approximate surface area is 87.2 Å². The third kappa shape index (κ3) is 2.04. The highest BCUT2D eigenvalue weighted by molar-refractivity contribution is 7.17. The van der Waals surface area contributed by atoms with Crippen LogP contribution in [-0.2, 0) is 0 Å². The molecule has 1 aromatic heterocycles. The van der Waals surface area contributed by atoms with Crippen LogP contribution in [0.4, 0.5) is 5.13 Å². The normalized spacial score (nSPS) is 10.6. The monoisotopic (exact) mass is 214 g/mol. The highest BCUT2D eigenvalue weighted by Crippen LogP contribution is 2.26. The Morgan fingerprint density at radius 1 is 1.57 bits per heavy atom. The highest BCUT2D eigenvalue weighted by Gasteiger charge is 2.17. The molecule has 1 rings (SSSR count). The van der Waals surface area contributed by atoms with Crippen molar-refractivity contribution in [2.75, 3.05) is 11.9 Å². The van der Waals surface area contributed by atoms with E-state index in [9.17, 15) is 4.79 Å². The van der Waals surface area contributed by atoms with Crippen molar-refractivity contribution < 1.29 is 9.90 Å². The highest BCUT2D eigenvalue weighted by atomic mass is 32.1. The van der Waals surface area contributed by atoms with Gasteiger partial charge in [0.15, 0.2) is 5.13 Å². The Kier molecular flexibility index (Phi) is 3.10. The minimum absolute atomic E-state index is 0.321. The third-order valence-electron chi connectivity index (χ3n) is 2.06. The van der Waals surface area contributed by atoms with Gasteiger partial charge in [0.25, 0.3) is 0 Å². The van der Waals surface area contributed by atoms with Crippen LogP contribution in [0, 0.1) is 6.92 Å². The van der Waals surface area contributed by atoms with E-state index >= 15 is 0 Å². The Bertz CT molecular complexity index is 347. The first kappa shape index (κ1) is 11.0. The van der Waals surface area contributed by atoms with Gasteiger partial charge in [0.1, 0.15) is 4.88 Å². The van der Waals surface area contributed by atoms with Crippen molar-refractivity contribution in [1.29, 1.82) is 0 Å². The summed E-state index contributed by atoms with van der Waals surface area (Å²) in [7, 11) is 1.91. The van der Waals surface area contributed by atoms with Gasteiger partial charge >= 0.3 is 5.97 Å². The zero-order valence-electron chi connectivity index (χ0n) is 8.74. The van der Waals surface area contributed by atoms with Gasteiger partial charge in [-0.2, -0.15) is 0 Å². The molecular formula is C9H14N2O2S. The van der Waals surface area contributed by atoms with E-state index < -0.39 is 5.97 Å². The lowest BCUT2D eigenvalue weighted by molar-refractivity contribution is 0.0701. The molecule has 0 bridgehead atoms. The van der Waals surface area contributed by atoms with Gasteiger partial charge in [-0.3, -0.25) is 0 Å². The molecule has 14 heavy (non-hydrogen) atoms. The van der Waals surface area contributed by atoms with Gasteiger partial charge in [0, 0.05) is 13.1 Å². The average molecular weight is 214 g/mol. The lowest BCUT2D eigenvalue weighted by atomic mass is 10.4. The number of anilines is 1. The standard InChI is InChI=1S/C9H14N2O2S/c1-5(2)11(4)9-10-6(3)7(14-9)8(12)13/h5H,1-4H3,(H,12,13). The van der Waals surface area contributed by atoms with Gasteiger partial charge in [0.05, 0.1) is 5.69 Å². The molecule has 0 aromatic carbocycles. The lowest BCUT2D eigenvalue weighted by Gasteiger charge is -2.19. The largest absolute Gasteiger partial charge is 0.477 e. The van der Waals surface area contributed by atoms with Gasteiger partial charge < -0.3 is 10.0 Å². The maximum absolute atomic E-state index is 10.8. The van der Waals surface area contributed by atoms with Crippen LogP contribution in [0.25, 0.3) is 0 Å². The Hall–Kier alpha value is -1.10. The predicted octanol–water partition coefficient (Wildman–Crippen LogP) is 1.99. The number of hydrogen-bond acceptors (Lipinski definition) is 4. The first-order chi connectivity index (χ1) is 6.43. The zero-order chi connectivity index (χ0) is 10.9. The van der Waals surface area contributed by atoms with Crippen LogP contribution in [-0.4, -0.2) is 29.1 Å². The van der Waals surface area contributed by atoms with Crippen molar-refractivity contribution in [2.45, 2.75) is 26.8 Å². The fourth-order valence-corrected chi connectivity index (χ4v) is 1.95. The van der Waals surface area contributed by atoms with Crippen molar-refractivity contribution in [3.8, 4) is 0 Å². The van der Waals surface area contributed by atoms with E-state index in [-0.39, 0.29) is 0 Å². The first-order valence-electron chi connectivity index (χ1n) is 4.37. The molecule has 1 aromatic rings. The number of rotatable bonds is 3. The summed E-state index contributed by atoms with van der Waals surface area (Å²) >= 11 is 1.22. The molecule has 0 spiro atoms. The summed E-state index contributed by atoms with van der Waals surface area (Å²) in [6, 6.07) is 0.321. The van der Waals surface area contributed by atoms with Crippen molar-refractivity contribution >= 4 is 22.4 Å². The number of hydrogen-bond donors (Lipinski definition) is 1. The number of aryl methyl sites for hydroxylation is 1. The topological polar surface area (TPSA) is 53.4 Å². The van der Waals surface area contributed by atoms with E-state index in [1.54, 1.807) is 6.92 Å². The number of thiazole rings is 1. The SMILES string of the molecule is Cc1nc(N(C)C(C)C)sc1C(=O)O. The maximum Gasteiger partial charge on any atom is 0.347 e. The van der Waals surface area contributed by atoms with Crippen molar-refractivity contribution in [3.63, 3.8) is 0 Å². The number of carbonyl (C=O) groups is 1. The smallest absolute Gasteiger partial charge is 0.347 e. The van der Waals surface area contributed by atoms with Crippen LogP contribution in [0.5, 0.6) is 0 Å². The molecule has 0 atom stereocenters. The molecule has 0 aliphatic carbocycles. The van der Waals surface area contributed by atoms with Crippen molar-refractivity contribution in [1.82, 2.24) is 4.98 Å². The average Bonchev–Trinajstić information content (AvgIpc) is 2.45. The zero-order valence-corrected chi connectivity index (χ0v) is 9.55. The van der Waals surface area contributed by atoms with Crippen LogP contribution in [0.3, 0.4) is 0 Å². The molecule has 78 valence electrons. The van der Waals surface area contributed by atoms with Gasteiger partial charge in [-0.25, -0.2) is 9.78 Å². The first-order valence-corrected chi connectivity index (χ1v) is 5.18. The van der Waals surface area contributed by atoms with Crippen LogP contribution >= 0.6 is 11.3 Å². The fraction of sp³-hybridized carbons (Fsp3) is 0.556. The van der Waals surface area contributed by atoms with E-state index in [1.165, 1.54) is 11.3 Å². The Morgan fingerprint density at radius 3 is 2.50 bits per heavy atom. The number of carboxylic acids is 1. The Balaban J connectivity index is 3.02. The summed E-state index contributed by atoms with van der Waals surface area (Å²) in [4.78, 5) is 17.3. The molecule has 1 heterocycles. The molecule has 0 radical (unpaired) electrons. The molecule has 0 aliphatic rings. The lowest BCUT2D eigenvalue weighted by Crippen LogP contribution is -2.25. The van der Waals surface area contributed by atoms with E-state index in [4.69, 9.17) is 5.11 Å². The maximum atomic E-state index is 10.8. The molecule has 0 saturated heterocycles. The number of aromatic nitrogens is 1.